The van der Waals surface area contributed by atoms with Crippen LogP contribution in [0, 0.1) is 11.8 Å². The second-order valence-electron chi connectivity index (χ2n) is 6.47. The molecular weight excluding hydrogens is 414 g/mol. The number of pyridine rings is 1. The summed E-state index contributed by atoms with van der Waals surface area (Å²) in [5.41, 5.74) is 3.26. The second-order valence-corrected chi connectivity index (χ2v) is 7.26. The van der Waals surface area contributed by atoms with E-state index in [4.69, 9.17) is 0 Å². The normalized spacial score (nSPS) is 10.7. The Balaban J connectivity index is 2.03. The summed E-state index contributed by atoms with van der Waals surface area (Å²) in [4.78, 5) is 13.6. The van der Waals surface area contributed by atoms with Gasteiger partial charge in [-0.1, -0.05) is 49.1 Å². The maximum atomic E-state index is 13.6. The Bertz CT molecular complexity index is 1290. The SMILES string of the molecule is CCc1c(Br)c2cccc(C#Cc3cnn(C)c3)c2c(=O)n1-c1ccccc1. The molecule has 0 atom stereocenters. The van der Waals surface area contributed by atoms with Crippen LogP contribution >= 0.6 is 15.9 Å². The Morgan fingerprint density at radius 3 is 2.54 bits per heavy atom. The van der Waals surface area contributed by atoms with Crippen molar-refractivity contribution in [2.24, 2.45) is 7.05 Å². The van der Waals surface area contributed by atoms with E-state index in [0.717, 1.165) is 33.2 Å². The van der Waals surface area contributed by atoms with Crippen molar-refractivity contribution in [2.45, 2.75) is 13.3 Å². The minimum Gasteiger partial charge on any atom is -0.280 e. The van der Waals surface area contributed by atoms with Crippen LogP contribution < -0.4 is 5.56 Å². The molecule has 0 saturated heterocycles. The first-order chi connectivity index (χ1) is 13.6. The van der Waals surface area contributed by atoms with Gasteiger partial charge in [0.2, 0.25) is 0 Å². The highest BCUT2D eigenvalue weighted by Crippen LogP contribution is 2.29. The van der Waals surface area contributed by atoms with Crippen molar-refractivity contribution in [3.8, 4) is 17.5 Å². The first kappa shape index (κ1) is 18.3. The molecule has 0 aliphatic heterocycles. The van der Waals surface area contributed by atoms with Gasteiger partial charge in [0.1, 0.15) is 0 Å². The molecule has 2 aromatic carbocycles. The number of aromatic nitrogens is 3. The standard InChI is InChI=1S/C23H18BrN3O/c1-3-20-22(24)19-11-7-8-17(13-12-16-14-25-26(2)15-16)21(19)23(28)27(20)18-9-5-4-6-10-18/h4-11,14-15H,3H2,1-2H3. The van der Waals surface area contributed by atoms with Crippen LogP contribution in [0.1, 0.15) is 23.7 Å². The van der Waals surface area contributed by atoms with Crippen LogP contribution in [0.25, 0.3) is 16.5 Å². The molecule has 4 rings (SSSR count). The van der Waals surface area contributed by atoms with Crippen LogP contribution in [0.3, 0.4) is 0 Å². The van der Waals surface area contributed by atoms with Crippen molar-refractivity contribution < 1.29 is 0 Å². The zero-order valence-electron chi connectivity index (χ0n) is 15.6. The number of fused-ring (bicyclic) bond motifs is 1. The summed E-state index contributed by atoms with van der Waals surface area (Å²) < 4.78 is 4.42. The summed E-state index contributed by atoms with van der Waals surface area (Å²) in [6.07, 6.45) is 4.29. The van der Waals surface area contributed by atoms with Crippen LogP contribution in [0.2, 0.25) is 0 Å². The molecule has 0 radical (unpaired) electrons. The van der Waals surface area contributed by atoms with E-state index >= 15 is 0 Å². The lowest BCUT2D eigenvalue weighted by Gasteiger charge is -2.16. The fraction of sp³-hybridized carbons (Fsp3) is 0.130. The number of rotatable bonds is 2. The highest BCUT2D eigenvalue weighted by atomic mass is 79.9. The van der Waals surface area contributed by atoms with E-state index in [-0.39, 0.29) is 5.56 Å². The van der Waals surface area contributed by atoms with Gasteiger partial charge in [-0.2, -0.15) is 5.10 Å². The van der Waals surface area contributed by atoms with Crippen LogP contribution in [-0.2, 0) is 13.5 Å². The van der Waals surface area contributed by atoms with E-state index in [9.17, 15) is 4.79 Å². The Kier molecular flexibility index (Phi) is 4.89. The third-order valence-corrected chi connectivity index (χ3v) is 5.52. The number of hydrogen-bond donors (Lipinski definition) is 0. The van der Waals surface area contributed by atoms with E-state index in [1.165, 1.54) is 0 Å². The Hall–Kier alpha value is -3.10. The predicted octanol–water partition coefficient (Wildman–Crippen LogP) is 4.45. The average Bonchev–Trinajstić information content (AvgIpc) is 3.14. The molecule has 0 aliphatic rings. The number of hydrogen-bond acceptors (Lipinski definition) is 2. The smallest absolute Gasteiger partial charge is 0.264 e. The lowest BCUT2D eigenvalue weighted by Crippen LogP contribution is -2.23. The number of nitrogens with zero attached hydrogens (tertiary/aromatic N) is 3. The molecule has 28 heavy (non-hydrogen) atoms. The maximum absolute atomic E-state index is 13.6. The molecule has 0 unspecified atom stereocenters. The van der Waals surface area contributed by atoms with Crippen LogP contribution in [0.4, 0.5) is 0 Å². The van der Waals surface area contributed by atoms with Gasteiger partial charge in [0.25, 0.3) is 5.56 Å². The van der Waals surface area contributed by atoms with Gasteiger partial charge in [0.15, 0.2) is 0 Å². The molecule has 0 bridgehead atoms. The summed E-state index contributed by atoms with van der Waals surface area (Å²) in [6.45, 7) is 2.05. The molecule has 0 saturated carbocycles. The first-order valence-corrected chi connectivity index (χ1v) is 9.81. The highest BCUT2D eigenvalue weighted by molar-refractivity contribution is 9.10. The highest BCUT2D eigenvalue weighted by Gasteiger charge is 2.17. The number of aryl methyl sites for hydroxylation is 1. The lowest BCUT2D eigenvalue weighted by molar-refractivity contribution is 0.767. The molecule has 2 aromatic heterocycles. The summed E-state index contributed by atoms with van der Waals surface area (Å²) in [6, 6.07) is 15.5. The van der Waals surface area contributed by atoms with Gasteiger partial charge in [-0.05, 0) is 40.5 Å². The molecule has 5 heteroatoms. The van der Waals surface area contributed by atoms with E-state index < -0.39 is 0 Å². The van der Waals surface area contributed by atoms with Gasteiger partial charge in [-0.25, -0.2) is 0 Å². The Morgan fingerprint density at radius 1 is 1.07 bits per heavy atom. The molecule has 0 amide bonds. The molecule has 4 aromatic rings. The maximum Gasteiger partial charge on any atom is 0.264 e. The van der Waals surface area contributed by atoms with Crippen molar-refractivity contribution >= 4 is 26.7 Å². The predicted molar refractivity (Wildman–Crippen MR) is 116 cm³/mol. The van der Waals surface area contributed by atoms with Crippen LogP contribution in [0.15, 0.2) is 70.2 Å². The zero-order valence-corrected chi connectivity index (χ0v) is 17.2. The quantitative estimate of drug-likeness (QED) is 0.439. The minimum atomic E-state index is -0.0580. The molecule has 0 aliphatic carbocycles. The van der Waals surface area contributed by atoms with E-state index in [2.05, 4.69) is 39.8 Å². The summed E-state index contributed by atoms with van der Waals surface area (Å²) in [5, 5.41) is 5.64. The minimum absolute atomic E-state index is 0.0580. The average molecular weight is 432 g/mol. The molecular formula is C23H18BrN3O. The number of para-hydroxylation sites is 1. The van der Waals surface area contributed by atoms with Crippen LogP contribution in [0.5, 0.6) is 0 Å². The van der Waals surface area contributed by atoms with Crippen molar-refractivity contribution in [3.05, 3.63) is 92.6 Å². The van der Waals surface area contributed by atoms with Crippen molar-refractivity contribution in [1.82, 2.24) is 14.3 Å². The van der Waals surface area contributed by atoms with E-state index in [0.29, 0.717) is 10.9 Å². The molecule has 0 N–H and O–H groups in total. The van der Waals surface area contributed by atoms with Gasteiger partial charge in [0, 0.05) is 40.0 Å². The van der Waals surface area contributed by atoms with E-state index in [1.54, 1.807) is 15.4 Å². The second kappa shape index (κ2) is 7.49. The molecule has 0 spiro atoms. The molecule has 138 valence electrons. The van der Waals surface area contributed by atoms with Crippen LogP contribution in [-0.4, -0.2) is 14.3 Å². The summed E-state index contributed by atoms with van der Waals surface area (Å²) in [5.74, 6) is 6.28. The zero-order chi connectivity index (χ0) is 19.7. The van der Waals surface area contributed by atoms with E-state index in [1.807, 2.05) is 61.8 Å². The van der Waals surface area contributed by atoms with Gasteiger partial charge in [-0.15, -0.1) is 0 Å². The number of benzene rings is 2. The molecule has 0 fully saturated rings. The number of halogens is 1. The van der Waals surface area contributed by atoms with Gasteiger partial charge in [-0.3, -0.25) is 14.0 Å². The summed E-state index contributed by atoms with van der Waals surface area (Å²) >= 11 is 3.74. The van der Waals surface area contributed by atoms with Crippen molar-refractivity contribution in [2.75, 3.05) is 0 Å². The fourth-order valence-corrected chi connectivity index (χ4v) is 4.13. The lowest BCUT2D eigenvalue weighted by atomic mass is 10.0. The van der Waals surface area contributed by atoms with Gasteiger partial charge in [0.05, 0.1) is 17.1 Å². The third kappa shape index (κ3) is 3.17. The Labute approximate surface area is 171 Å². The third-order valence-electron chi connectivity index (χ3n) is 4.64. The first-order valence-electron chi connectivity index (χ1n) is 9.02. The molecule has 4 nitrogen and oxygen atoms in total. The molecule has 2 heterocycles. The fourth-order valence-electron chi connectivity index (χ4n) is 3.35. The largest absolute Gasteiger partial charge is 0.280 e. The monoisotopic (exact) mass is 431 g/mol. The summed E-state index contributed by atoms with van der Waals surface area (Å²) in [7, 11) is 1.85. The topological polar surface area (TPSA) is 39.8 Å². The van der Waals surface area contributed by atoms with Crippen molar-refractivity contribution in [1.29, 1.82) is 0 Å². The Morgan fingerprint density at radius 2 is 1.86 bits per heavy atom. The van der Waals surface area contributed by atoms with Gasteiger partial charge >= 0.3 is 0 Å². The van der Waals surface area contributed by atoms with Crippen molar-refractivity contribution in [3.63, 3.8) is 0 Å². The van der Waals surface area contributed by atoms with Gasteiger partial charge < -0.3 is 0 Å².